The summed E-state index contributed by atoms with van der Waals surface area (Å²) in [5.41, 5.74) is 2.20. The van der Waals surface area contributed by atoms with E-state index in [1.807, 2.05) is 29.6 Å². The molecule has 3 rings (SSSR count). The van der Waals surface area contributed by atoms with Crippen LogP contribution < -0.4 is 4.74 Å². The SMILES string of the molecule is COC(=O)c1sccc1CN1Cc2ccccc2OC[C@H]1C. The Morgan fingerprint density at radius 2 is 2.23 bits per heavy atom. The molecule has 0 bridgehead atoms. The molecule has 0 amide bonds. The smallest absolute Gasteiger partial charge is 0.348 e. The molecule has 4 nitrogen and oxygen atoms in total. The number of hydrogen-bond donors (Lipinski definition) is 0. The highest BCUT2D eigenvalue weighted by Crippen LogP contribution is 2.27. The van der Waals surface area contributed by atoms with Crippen LogP contribution in [0.3, 0.4) is 0 Å². The number of nitrogens with zero attached hydrogens (tertiary/aromatic N) is 1. The van der Waals surface area contributed by atoms with Gasteiger partial charge < -0.3 is 9.47 Å². The van der Waals surface area contributed by atoms with Gasteiger partial charge in [-0.25, -0.2) is 4.79 Å². The Kier molecular flexibility index (Phi) is 4.45. The molecule has 0 spiro atoms. The zero-order valence-electron chi connectivity index (χ0n) is 12.7. The number of para-hydroxylation sites is 1. The number of esters is 1. The van der Waals surface area contributed by atoms with Gasteiger partial charge >= 0.3 is 5.97 Å². The molecule has 2 heterocycles. The first-order valence-corrected chi connectivity index (χ1v) is 8.16. The van der Waals surface area contributed by atoms with Crippen molar-refractivity contribution in [2.75, 3.05) is 13.7 Å². The van der Waals surface area contributed by atoms with Crippen LogP contribution in [0.25, 0.3) is 0 Å². The number of thiophene rings is 1. The van der Waals surface area contributed by atoms with Crippen molar-refractivity contribution >= 4 is 17.3 Å². The lowest BCUT2D eigenvalue weighted by molar-refractivity contribution is 0.0603. The van der Waals surface area contributed by atoms with Crippen LogP contribution in [0, 0.1) is 0 Å². The summed E-state index contributed by atoms with van der Waals surface area (Å²) in [5, 5.41) is 1.94. The van der Waals surface area contributed by atoms with Crippen LogP contribution in [0.1, 0.15) is 27.7 Å². The highest BCUT2D eigenvalue weighted by Gasteiger charge is 2.23. The number of ether oxygens (including phenoxy) is 2. The number of carbonyl (C=O) groups is 1. The Labute approximate surface area is 134 Å². The summed E-state index contributed by atoms with van der Waals surface area (Å²) in [7, 11) is 1.42. The second kappa shape index (κ2) is 6.50. The van der Waals surface area contributed by atoms with Gasteiger partial charge in [0.1, 0.15) is 17.2 Å². The van der Waals surface area contributed by atoms with E-state index in [1.54, 1.807) is 0 Å². The maximum Gasteiger partial charge on any atom is 0.348 e. The quantitative estimate of drug-likeness (QED) is 0.814. The van der Waals surface area contributed by atoms with Crippen LogP contribution in [0.5, 0.6) is 5.75 Å². The summed E-state index contributed by atoms with van der Waals surface area (Å²) in [6.07, 6.45) is 0. The van der Waals surface area contributed by atoms with Crippen LogP contribution >= 0.6 is 11.3 Å². The van der Waals surface area contributed by atoms with Crippen molar-refractivity contribution in [1.29, 1.82) is 0 Å². The van der Waals surface area contributed by atoms with E-state index in [0.29, 0.717) is 18.0 Å². The average Bonchev–Trinajstić information content (AvgIpc) is 2.94. The molecule has 2 aromatic rings. The van der Waals surface area contributed by atoms with Crippen molar-refractivity contribution in [2.24, 2.45) is 0 Å². The first-order valence-electron chi connectivity index (χ1n) is 7.28. The molecule has 22 heavy (non-hydrogen) atoms. The molecular weight excluding hydrogens is 298 g/mol. The first kappa shape index (κ1) is 15.1. The van der Waals surface area contributed by atoms with Gasteiger partial charge in [-0.3, -0.25) is 4.90 Å². The van der Waals surface area contributed by atoms with Gasteiger partial charge in [-0.15, -0.1) is 11.3 Å². The fourth-order valence-corrected chi connectivity index (χ4v) is 3.46. The zero-order chi connectivity index (χ0) is 15.5. The summed E-state index contributed by atoms with van der Waals surface area (Å²) in [5.74, 6) is 0.694. The molecule has 1 atom stereocenters. The number of rotatable bonds is 3. The predicted octanol–water partition coefficient (Wildman–Crippen LogP) is 3.32. The minimum absolute atomic E-state index is 0.260. The molecule has 0 aliphatic carbocycles. The van der Waals surface area contributed by atoms with E-state index in [-0.39, 0.29) is 12.0 Å². The lowest BCUT2D eigenvalue weighted by Crippen LogP contribution is -2.34. The maximum absolute atomic E-state index is 11.8. The normalized spacial score (nSPS) is 18.2. The van der Waals surface area contributed by atoms with Gasteiger partial charge in [0, 0.05) is 24.7 Å². The first-order chi connectivity index (χ1) is 10.7. The number of methoxy groups -OCH3 is 1. The van der Waals surface area contributed by atoms with Crippen LogP contribution in [0.2, 0.25) is 0 Å². The van der Waals surface area contributed by atoms with Crippen molar-refractivity contribution in [3.63, 3.8) is 0 Å². The topological polar surface area (TPSA) is 38.8 Å². The molecule has 5 heteroatoms. The van der Waals surface area contributed by atoms with Crippen molar-refractivity contribution in [1.82, 2.24) is 4.90 Å². The van der Waals surface area contributed by atoms with E-state index in [2.05, 4.69) is 17.9 Å². The third-order valence-corrected chi connectivity index (χ3v) is 4.88. The zero-order valence-corrected chi connectivity index (χ0v) is 13.6. The molecule has 1 aliphatic heterocycles. The van der Waals surface area contributed by atoms with E-state index < -0.39 is 0 Å². The third kappa shape index (κ3) is 3.00. The summed E-state index contributed by atoms with van der Waals surface area (Å²) < 4.78 is 10.7. The van der Waals surface area contributed by atoms with E-state index in [9.17, 15) is 4.79 Å². The Morgan fingerprint density at radius 1 is 1.41 bits per heavy atom. The van der Waals surface area contributed by atoms with Crippen LogP contribution in [0.4, 0.5) is 0 Å². The minimum atomic E-state index is -0.260. The Balaban J connectivity index is 1.82. The molecule has 0 unspecified atom stereocenters. The molecule has 116 valence electrons. The molecule has 0 saturated heterocycles. The number of benzene rings is 1. The Hall–Kier alpha value is -1.85. The number of fused-ring (bicyclic) bond motifs is 1. The fraction of sp³-hybridized carbons (Fsp3) is 0.353. The van der Waals surface area contributed by atoms with Gasteiger partial charge in [-0.05, 0) is 30.0 Å². The van der Waals surface area contributed by atoms with Gasteiger partial charge in [0.15, 0.2) is 0 Å². The Bertz CT molecular complexity index is 667. The van der Waals surface area contributed by atoms with Gasteiger partial charge in [0.05, 0.1) is 7.11 Å². The molecule has 1 aromatic heterocycles. The summed E-state index contributed by atoms with van der Waals surface area (Å²) in [6, 6.07) is 10.4. The number of carbonyl (C=O) groups excluding carboxylic acids is 1. The van der Waals surface area contributed by atoms with Crippen molar-refractivity contribution in [2.45, 2.75) is 26.1 Å². The second-order valence-electron chi connectivity index (χ2n) is 5.44. The average molecular weight is 317 g/mol. The highest BCUT2D eigenvalue weighted by atomic mass is 32.1. The molecule has 0 N–H and O–H groups in total. The molecule has 0 fully saturated rings. The summed E-state index contributed by atoms with van der Waals surface area (Å²) in [6.45, 7) is 4.32. The van der Waals surface area contributed by atoms with Gasteiger partial charge in [-0.2, -0.15) is 0 Å². The standard InChI is InChI=1S/C17H19NO3S/c1-12-11-21-15-6-4-3-5-13(15)9-18(12)10-14-7-8-22-16(14)17(19)20-2/h3-8,12H,9-11H2,1-2H3/t12-/m1/s1. The highest BCUT2D eigenvalue weighted by molar-refractivity contribution is 7.12. The van der Waals surface area contributed by atoms with Crippen LogP contribution in [-0.4, -0.2) is 30.6 Å². The lowest BCUT2D eigenvalue weighted by atomic mass is 10.1. The summed E-state index contributed by atoms with van der Waals surface area (Å²) in [4.78, 5) is 14.9. The van der Waals surface area contributed by atoms with Crippen molar-refractivity contribution in [3.8, 4) is 5.75 Å². The van der Waals surface area contributed by atoms with Gasteiger partial charge in [0.2, 0.25) is 0 Å². The maximum atomic E-state index is 11.8. The van der Waals surface area contributed by atoms with E-state index in [1.165, 1.54) is 24.0 Å². The van der Waals surface area contributed by atoms with Gasteiger partial charge in [0.25, 0.3) is 0 Å². The molecule has 0 saturated carbocycles. The molecular formula is C17H19NO3S. The lowest BCUT2D eigenvalue weighted by Gasteiger charge is -2.26. The van der Waals surface area contributed by atoms with Crippen LogP contribution in [-0.2, 0) is 17.8 Å². The van der Waals surface area contributed by atoms with E-state index in [4.69, 9.17) is 9.47 Å². The van der Waals surface area contributed by atoms with Crippen LogP contribution in [0.15, 0.2) is 35.7 Å². The number of hydrogen-bond acceptors (Lipinski definition) is 5. The van der Waals surface area contributed by atoms with E-state index in [0.717, 1.165) is 17.9 Å². The monoisotopic (exact) mass is 317 g/mol. The fourth-order valence-electron chi connectivity index (χ4n) is 2.63. The predicted molar refractivity (Wildman–Crippen MR) is 86.3 cm³/mol. The molecule has 0 radical (unpaired) electrons. The van der Waals surface area contributed by atoms with E-state index >= 15 is 0 Å². The Morgan fingerprint density at radius 3 is 3.05 bits per heavy atom. The largest absolute Gasteiger partial charge is 0.492 e. The molecule has 1 aliphatic rings. The van der Waals surface area contributed by atoms with Gasteiger partial charge in [-0.1, -0.05) is 18.2 Å². The molecule has 1 aromatic carbocycles. The summed E-state index contributed by atoms with van der Waals surface area (Å²) >= 11 is 1.43. The second-order valence-corrected chi connectivity index (χ2v) is 6.36. The van der Waals surface area contributed by atoms with Crippen molar-refractivity contribution < 1.29 is 14.3 Å². The minimum Gasteiger partial charge on any atom is -0.492 e. The van der Waals surface area contributed by atoms with Crippen molar-refractivity contribution in [3.05, 3.63) is 51.7 Å². The third-order valence-electron chi connectivity index (χ3n) is 3.94.